The molecule has 0 aromatic rings. The monoisotopic (exact) mass is 160 g/mol. The first kappa shape index (κ1) is 10.9. The lowest BCUT2D eigenvalue weighted by Crippen LogP contribution is -2.38. The van der Waals surface area contributed by atoms with Crippen LogP contribution in [0.15, 0.2) is 0 Å². The third-order valence-electron chi connectivity index (χ3n) is 1.63. The third kappa shape index (κ3) is 6.28. The first-order chi connectivity index (χ1) is 5.35. The molecule has 0 spiro atoms. The van der Waals surface area contributed by atoms with Crippen molar-refractivity contribution in [1.29, 1.82) is 0 Å². The van der Waals surface area contributed by atoms with Gasteiger partial charge in [-0.15, -0.1) is 0 Å². The molecule has 11 heavy (non-hydrogen) atoms. The van der Waals surface area contributed by atoms with Crippen molar-refractivity contribution in [2.45, 2.75) is 32.7 Å². The van der Waals surface area contributed by atoms with Crippen molar-refractivity contribution in [1.82, 2.24) is 10.6 Å². The van der Waals surface area contributed by atoms with Crippen LogP contribution in [0.25, 0.3) is 0 Å². The molecule has 1 unspecified atom stereocenters. The summed E-state index contributed by atoms with van der Waals surface area (Å²) in [6.07, 6.45) is 2.35. The number of aliphatic hydroxyl groups is 1. The molecule has 0 heterocycles. The molecule has 3 heteroatoms. The van der Waals surface area contributed by atoms with Gasteiger partial charge in [-0.05, 0) is 13.0 Å². The Labute approximate surface area is 69.2 Å². The van der Waals surface area contributed by atoms with Crippen LogP contribution >= 0.6 is 0 Å². The second kappa shape index (κ2) is 7.98. The summed E-state index contributed by atoms with van der Waals surface area (Å²) in [6, 6.07) is 0.511. The molecule has 0 saturated heterocycles. The Morgan fingerprint density at radius 3 is 2.55 bits per heavy atom. The normalized spacial score (nSPS) is 13.4. The van der Waals surface area contributed by atoms with E-state index in [0.717, 1.165) is 13.1 Å². The summed E-state index contributed by atoms with van der Waals surface area (Å²) in [5.41, 5.74) is 0. The summed E-state index contributed by atoms with van der Waals surface area (Å²) in [5.74, 6) is 0. The van der Waals surface area contributed by atoms with E-state index in [2.05, 4.69) is 24.5 Å². The summed E-state index contributed by atoms with van der Waals surface area (Å²) in [6.45, 7) is 6.20. The first-order valence-corrected chi connectivity index (χ1v) is 4.40. The van der Waals surface area contributed by atoms with Crippen molar-refractivity contribution >= 4 is 0 Å². The van der Waals surface area contributed by atoms with Crippen LogP contribution in [0.3, 0.4) is 0 Å². The number of nitrogens with one attached hydrogen (secondary N) is 2. The molecular weight excluding hydrogens is 140 g/mol. The highest BCUT2D eigenvalue weighted by Crippen LogP contribution is 1.94. The van der Waals surface area contributed by atoms with E-state index in [1.807, 2.05) is 0 Å². The summed E-state index contributed by atoms with van der Waals surface area (Å²) >= 11 is 0. The number of rotatable bonds is 7. The van der Waals surface area contributed by atoms with Crippen LogP contribution in [0.2, 0.25) is 0 Å². The lowest BCUT2D eigenvalue weighted by atomic mass is 10.1. The van der Waals surface area contributed by atoms with Gasteiger partial charge < -0.3 is 10.4 Å². The Hall–Kier alpha value is -0.120. The van der Waals surface area contributed by atoms with Gasteiger partial charge in [0.25, 0.3) is 0 Å². The Kier molecular flexibility index (Phi) is 7.89. The highest BCUT2D eigenvalue weighted by atomic mass is 16.3. The fraction of sp³-hybridized carbons (Fsp3) is 1.00. The van der Waals surface area contributed by atoms with E-state index in [-0.39, 0.29) is 6.73 Å². The van der Waals surface area contributed by atoms with Crippen LogP contribution in [0.1, 0.15) is 26.7 Å². The Balaban J connectivity index is 3.34. The molecule has 0 saturated carbocycles. The quantitative estimate of drug-likeness (QED) is 0.469. The summed E-state index contributed by atoms with van der Waals surface area (Å²) in [4.78, 5) is 0. The first-order valence-electron chi connectivity index (χ1n) is 4.40. The van der Waals surface area contributed by atoms with Gasteiger partial charge in [0.15, 0.2) is 0 Å². The van der Waals surface area contributed by atoms with E-state index in [1.165, 1.54) is 12.8 Å². The summed E-state index contributed by atoms with van der Waals surface area (Å²) < 4.78 is 0. The molecule has 3 N–H and O–H groups in total. The second-order valence-corrected chi connectivity index (χ2v) is 2.66. The molecule has 0 aliphatic carbocycles. The van der Waals surface area contributed by atoms with Crippen LogP contribution in [0.5, 0.6) is 0 Å². The average Bonchev–Trinajstić information content (AvgIpc) is 2.01. The standard InChI is InChI=1S/C8H20N2O/c1-3-5-8(10-4-2)6-9-7-11/h8-11H,3-7H2,1-2H3. The van der Waals surface area contributed by atoms with Gasteiger partial charge in [-0.1, -0.05) is 20.3 Å². The lowest BCUT2D eigenvalue weighted by Gasteiger charge is -2.16. The zero-order valence-electron chi connectivity index (χ0n) is 7.56. The van der Waals surface area contributed by atoms with Crippen molar-refractivity contribution in [3.8, 4) is 0 Å². The number of likely N-dealkylation sites (N-methyl/N-ethyl adjacent to an activating group) is 1. The molecule has 0 fully saturated rings. The highest BCUT2D eigenvalue weighted by molar-refractivity contribution is 4.66. The smallest absolute Gasteiger partial charge is 0.0932 e. The molecule has 0 aromatic heterocycles. The van der Waals surface area contributed by atoms with Gasteiger partial charge in [-0.2, -0.15) is 0 Å². The Morgan fingerprint density at radius 2 is 2.09 bits per heavy atom. The van der Waals surface area contributed by atoms with Gasteiger partial charge in [-0.3, -0.25) is 5.32 Å². The number of hydrogen-bond donors (Lipinski definition) is 3. The van der Waals surface area contributed by atoms with Gasteiger partial charge in [0.2, 0.25) is 0 Å². The predicted molar refractivity (Wildman–Crippen MR) is 47.5 cm³/mol. The predicted octanol–water partition coefficient (Wildman–Crippen LogP) is 0.304. The van der Waals surface area contributed by atoms with Gasteiger partial charge >= 0.3 is 0 Å². The van der Waals surface area contributed by atoms with E-state index in [1.54, 1.807) is 0 Å². The van der Waals surface area contributed by atoms with E-state index >= 15 is 0 Å². The minimum absolute atomic E-state index is 0.0750. The number of aliphatic hydroxyl groups excluding tert-OH is 1. The Bertz CT molecular complexity index is 72.5. The SMILES string of the molecule is CCCC(CNCO)NCC. The minimum Gasteiger partial charge on any atom is -0.381 e. The molecule has 0 bridgehead atoms. The Morgan fingerprint density at radius 1 is 1.36 bits per heavy atom. The molecule has 0 radical (unpaired) electrons. The number of hydrogen-bond acceptors (Lipinski definition) is 3. The second-order valence-electron chi connectivity index (χ2n) is 2.66. The van der Waals surface area contributed by atoms with Gasteiger partial charge in [0.05, 0.1) is 6.73 Å². The highest BCUT2D eigenvalue weighted by Gasteiger charge is 2.03. The zero-order chi connectivity index (χ0) is 8.53. The fourth-order valence-corrected chi connectivity index (χ4v) is 1.15. The van der Waals surface area contributed by atoms with Crippen molar-refractivity contribution in [2.75, 3.05) is 19.8 Å². The minimum atomic E-state index is 0.0750. The molecule has 68 valence electrons. The van der Waals surface area contributed by atoms with Crippen LogP contribution in [-0.2, 0) is 0 Å². The lowest BCUT2D eigenvalue weighted by molar-refractivity contribution is 0.251. The molecular formula is C8H20N2O. The largest absolute Gasteiger partial charge is 0.381 e. The fourth-order valence-electron chi connectivity index (χ4n) is 1.15. The molecule has 0 aromatic carbocycles. The van der Waals surface area contributed by atoms with E-state index in [0.29, 0.717) is 6.04 Å². The topological polar surface area (TPSA) is 44.3 Å². The maximum absolute atomic E-state index is 8.51. The molecule has 0 aliphatic heterocycles. The van der Waals surface area contributed by atoms with Gasteiger partial charge in [-0.25, -0.2) is 0 Å². The van der Waals surface area contributed by atoms with Crippen molar-refractivity contribution in [3.63, 3.8) is 0 Å². The van der Waals surface area contributed by atoms with E-state index < -0.39 is 0 Å². The average molecular weight is 160 g/mol. The molecule has 0 rings (SSSR count). The maximum Gasteiger partial charge on any atom is 0.0932 e. The molecule has 1 atom stereocenters. The maximum atomic E-state index is 8.51. The molecule has 0 aliphatic rings. The van der Waals surface area contributed by atoms with Crippen LogP contribution in [0, 0.1) is 0 Å². The van der Waals surface area contributed by atoms with Crippen LogP contribution in [-0.4, -0.2) is 31.0 Å². The van der Waals surface area contributed by atoms with E-state index in [9.17, 15) is 0 Å². The molecule has 3 nitrogen and oxygen atoms in total. The summed E-state index contributed by atoms with van der Waals surface area (Å²) in [5, 5.41) is 14.8. The van der Waals surface area contributed by atoms with Crippen molar-refractivity contribution in [3.05, 3.63) is 0 Å². The van der Waals surface area contributed by atoms with Gasteiger partial charge in [0.1, 0.15) is 0 Å². The third-order valence-corrected chi connectivity index (χ3v) is 1.63. The van der Waals surface area contributed by atoms with Crippen molar-refractivity contribution in [2.24, 2.45) is 0 Å². The van der Waals surface area contributed by atoms with Crippen LogP contribution in [0.4, 0.5) is 0 Å². The van der Waals surface area contributed by atoms with Crippen LogP contribution < -0.4 is 10.6 Å². The zero-order valence-corrected chi connectivity index (χ0v) is 7.56. The molecule has 0 amide bonds. The summed E-state index contributed by atoms with van der Waals surface area (Å²) in [7, 11) is 0. The van der Waals surface area contributed by atoms with Gasteiger partial charge in [0, 0.05) is 12.6 Å². The van der Waals surface area contributed by atoms with Crippen molar-refractivity contribution < 1.29 is 5.11 Å². The van der Waals surface area contributed by atoms with E-state index in [4.69, 9.17) is 5.11 Å².